The van der Waals surface area contributed by atoms with E-state index in [1.807, 2.05) is 29.1 Å². The Bertz CT molecular complexity index is 799. The van der Waals surface area contributed by atoms with Gasteiger partial charge in [0.1, 0.15) is 0 Å². The second-order valence-electron chi connectivity index (χ2n) is 7.78. The molecule has 27 heavy (non-hydrogen) atoms. The Labute approximate surface area is 160 Å². The molecule has 1 aromatic heterocycles. The molecule has 0 radical (unpaired) electrons. The van der Waals surface area contributed by atoms with Gasteiger partial charge >= 0.3 is 0 Å². The van der Waals surface area contributed by atoms with Crippen molar-refractivity contribution >= 4 is 5.91 Å². The van der Waals surface area contributed by atoms with Crippen molar-refractivity contribution in [1.82, 2.24) is 14.7 Å². The molecule has 144 valence electrons. The first-order chi connectivity index (χ1) is 13.1. The van der Waals surface area contributed by atoms with Gasteiger partial charge < -0.3 is 14.4 Å². The van der Waals surface area contributed by atoms with E-state index in [0.29, 0.717) is 18.4 Å². The molecule has 2 fully saturated rings. The molecule has 1 aliphatic heterocycles. The van der Waals surface area contributed by atoms with Crippen LogP contribution in [-0.2, 0) is 17.8 Å². The fourth-order valence-electron chi connectivity index (χ4n) is 4.15. The predicted octanol–water partition coefficient (Wildman–Crippen LogP) is 2.77. The molecular weight excluding hydrogens is 342 g/mol. The van der Waals surface area contributed by atoms with Crippen LogP contribution in [0.15, 0.2) is 36.7 Å². The standard InChI is InChI=1S/C21H27N3O3/c1-26-18-5-4-16(13-19(18)27-2)12-17-6-11-23(14-17)20(25)21(7-8-21)15-24-10-3-9-22-24/h3-5,9-10,13,17H,6-8,11-12,14-15H2,1-2H3. The van der Waals surface area contributed by atoms with E-state index in [4.69, 9.17) is 9.47 Å². The quantitative estimate of drug-likeness (QED) is 0.753. The van der Waals surface area contributed by atoms with Gasteiger partial charge in [-0.15, -0.1) is 0 Å². The fraction of sp³-hybridized carbons (Fsp3) is 0.524. The number of amides is 1. The van der Waals surface area contributed by atoms with E-state index in [9.17, 15) is 4.79 Å². The van der Waals surface area contributed by atoms with E-state index in [1.165, 1.54) is 5.56 Å². The van der Waals surface area contributed by atoms with E-state index < -0.39 is 0 Å². The number of nitrogens with zero attached hydrogens (tertiary/aromatic N) is 3. The van der Waals surface area contributed by atoms with Crippen LogP contribution in [0.25, 0.3) is 0 Å². The zero-order valence-corrected chi connectivity index (χ0v) is 16.1. The third kappa shape index (κ3) is 3.66. The molecule has 1 unspecified atom stereocenters. The summed E-state index contributed by atoms with van der Waals surface area (Å²) in [7, 11) is 3.31. The number of carbonyl (C=O) groups excluding carboxylic acids is 1. The van der Waals surface area contributed by atoms with Crippen LogP contribution < -0.4 is 9.47 Å². The lowest BCUT2D eigenvalue weighted by molar-refractivity contribution is -0.136. The van der Waals surface area contributed by atoms with Crippen LogP contribution in [0.5, 0.6) is 11.5 Å². The number of methoxy groups -OCH3 is 2. The minimum atomic E-state index is -0.218. The third-order valence-corrected chi connectivity index (χ3v) is 5.88. The number of ether oxygens (including phenoxy) is 2. The molecule has 1 atom stereocenters. The van der Waals surface area contributed by atoms with Gasteiger partial charge in [-0.2, -0.15) is 5.10 Å². The summed E-state index contributed by atoms with van der Waals surface area (Å²) in [6.07, 6.45) is 7.67. The predicted molar refractivity (Wildman–Crippen MR) is 102 cm³/mol. The molecule has 2 aliphatic rings. The van der Waals surface area contributed by atoms with Gasteiger partial charge in [-0.25, -0.2) is 0 Å². The van der Waals surface area contributed by atoms with Gasteiger partial charge in [0.05, 0.1) is 26.2 Å². The average Bonchev–Trinajstić information content (AvgIpc) is 3.07. The van der Waals surface area contributed by atoms with Crippen LogP contribution in [0.2, 0.25) is 0 Å². The number of hydrogen-bond acceptors (Lipinski definition) is 4. The van der Waals surface area contributed by atoms with E-state index >= 15 is 0 Å². The minimum Gasteiger partial charge on any atom is -0.493 e. The van der Waals surface area contributed by atoms with Gasteiger partial charge in [-0.05, 0) is 55.4 Å². The summed E-state index contributed by atoms with van der Waals surface area (Å²) in [6.45, 7) is 2.40. The van der Waals surface area contributed by atoms with E-state index in [1.54, 1.807) is 20.4 Å². The topological polar surface area (TPSA) is 56.6 Å². The Balaban J connectivity index is 1.37. The summed E-state index contributed by atoms with van der Waals surface area (Å²) in [5.74, 6) is 2.32. The zero-order chi connectivity index (χ0) is 18.9. The molecule has 0 bridgehead atoms. The molecule has 0 N–H and O–H groups in total. The van der Waals surface area contributed by atoms with Crippen molar-refractivity contribution in [2.45, 2.75) is 32.2 Å². The molecule has 6 heteroatoms. The summed E-state index contributed by atoms with van der Waals surface area (Å²) in [5, 5.41) is 4.28. The van der Waals surface area contributed by atoms with Crippen molar-refractivity contribution in [3.63, 3.8) is 0 Å². The van der Waals surface area contributed by atoms with Gasteiger partial charge in [-0.1, -0.05) is 6.07 Å². The van der Waals surface area contributed by atoms with Gasteiger partial charge in [0.25, 0.3) is 0 Å². The first-order valence-electron chi connectivity index (χ1n) is 9.61. The summed E-state index contributed by atoms with van der Waals surface area (Å²) in [4.78, 5) is 15.2. The maximum atomic E-state index is 13.1. The Morgan fingerprint density at radius 1 is 1.26 bits per heavy atom. The monoisotopic (exact) mass is 369 g/mol. The number of hydrogen-bond donors (Lipinski definition) is 0. The van der Waals surface area contributed by atoms with Crippen LogP contribution in [-0.4, -0.2) is 47.9 Å². The Morgan fingerprint density at radius 3 is 2.74 bits per heavy atom. The molecule has 4 rings (SSSR count). The maximum absolute atomic E-state index is 13.1. The molecule has 6 nitrogen and oxygen atoms in total. The maximum Gasteiger partial charge on any atom is 0.230 e. The lowest BCUT2D eigenvalue weighted by Crippen LogP contribution is -2.37. The lowest BCUT2D eigenvalue weighted by Gasteiger charge is -2.23. The second kappa shape index (κ2) is 7.25. The molecule has 1 amide bonds. The highest BCUT2D eigenvalue weighted by atomic mass is 16.5. The largest absolute Gasteiger partial charge is 0.493 e. The first kappa shape index (κ1) is 17.9. The third-order valence-electron chi connectivity index (χ3n) is 5.88. The van der Waals surface area contributed by atoms with Crippen LogP contribution >= 0.6 is 0 Å². The van der Waals surface area contributed by atoms with Crippen molar-refractivity contribution in [2.24, 2.45) is 11.3 Å². The number of likely N-dealkylation sites (tertiary alicyclic amines) is 1. The Hall–Kier alpha value is -2.50. The number of rotatable bonds is 7. The van der Waals surface area contributed by atoms with Crippen molar-refractivity contribution in [2.75, 3.05) is 27.3 Å². The summed E-state index contributed by atoms with van der Waals surface area (Å²) < 4.78 is 12.6. The van der Waals surface area contributed by atoms with Crippen LogP contribution in [0.1, 0.15) is 24.8 Å². The highest BCUT2D eigenvalue weighted by molar-refractivity contribution is 5.85. The minimum absolute atomic E-state index is 0.218. The Morgan fingerprint density at radius 2 is 2.07 bits per heavy atom. The molecule has 1 saturated heterocycles. The first-order valence-corrected chi connectivity index (χ1v) is 9.61. The Kier molecular flexibility index (Phi) is 4.81. The molecule has 1 saturated carbocycles. The lowest BCUT2D eigenvalue weighted by atomic mass is 9.98. The molecule has 0 spiro atoms. The van der Waals surface area contributed by atoms with Crippen molar-refractivity contribution in [3.05, 3.63) is 42.2 Å². The van der Waals surface area contributed by atoms with Gasteiger partial charge in [0, 0.05) is 25.5 Å². The van der Waals surface area contributed by atoms with Crippen LogP contribution in [0, 0.1) is 11.3 Å². The van der Waals surface area contributed by atoms with Crippen LogP contribution in [0.3, 0.4) is 0 Å². The molecule has 1 aromatic carbocycles. The molecule has 1 aliphatic carbocycles. The highest BCUT2D eigenvalue weighted by Crippen LogP contribution is 2.49. The zero-order valence-electron chi connectivity index (χ0n) is 16.1. The number of aromatic nitrogens is 2. The van der Waals surface area contributed by atoms with E-state index in [-0.39, 0.29) is 5.41 Å². The normalized spacial score (nSPS) is 20.5. The SMILES string of the molecule is COc1ccc(CC2CCN(C(=O)C3(Cn4cccn4)CC3)C2)cc1OC. The molecule has 2 aromatic rings. The van der Waals surface area contributed by atoms with Gasteiger partial charge in [0.15, 0.2) is 11.5 Å². The average molecular weight is 369 g/mol. The van der Waals surface area contributed by atoms with Gasteiger partial charge in [0.2, 0.25) is 5.91 Å². The van der Waals surface area contributed by atoms with E-state index in [2.05, 4.69) is 16.1 Å². The molecule has 2 heterocycles. The summed E-state index contributed by atoms with van der Waals surface area (Å²) in [5.41, 5.74) is 1.01. The van der Waals surface area contributed by atoms with E-state index in [0.717, 1.165) is 50.3 Å². The smallest absolute Gasteiger partial charge is 0.230 e. The van der Waals surface area contributed by atoms with Crippen LogP contribution in [0.4, 0.5) is 0 Å². The summed E-state index contributed by atoms with van der Waals surface area (Å²) in [6, 6.07) is 8.00. The van der Waals surface area contributed by atoms with Crippen molar-refractivity contribution in [1.29, 1.82) is 0 Å². The van der Waals surface area contributed by atoms with Gasteiger partial charge in [-0.3, -0.25) is 9.48 Å². The molecular formula is C21H27N3O3. The second-order valence-corrected chi connectivity index (χ2v) is 7.78. The summed E-state index contributed by atoms with van der Waals surface area (Å²) >= 11 is 0. The van der Waals surface area contributed by atoms with Crippen molar-refractivity contribution < 1.29 is 14.3 Å². The van der Waals surface area contributed by atoms with Crippen molar-refractivity contribution in [3.8, 4) is 11.5 Å². The number of benzene rings is 1. The highest BCUT2D eigenvalue weighted by Gasteiger charge is 2.52. The fourth-order valence-corrected chi connectivity index (χ4v) is 4.15. The number of carbonyl (C=O) groups is 1.